The molecule has 162 valence electrons. The number of methoxy groups -OCH3 is 2. The van der Waals surface area contributed by atoms with Crippen molar-refractivity contribution in [3.05, 3.63) is 75.1 Å². The first-order chi connectivity index (χ1) is 14.8. The van der Waals surface area contributed by atoms with Crippen LogP contribution in [0.25, 0.3) is 5.76 Å². The molecule has 2 aromatic carbocycles. The smallest absolute Gasteiger partial charge is 0.295 e. The number of hydrogen-bond acceptors (Lipinski definition) is 7. The predicted molar refractivity (Wildman–Crippen MR) is 107 cm³/mol. The van der Waals surface area contributed by atoms with Crippen molar-refractivity contribution in [3.8, 4) is 5.75 Å². The van der Waals surface area contributed by atoms with Gasteiger partial charge in [-0.1, -0.05) is 0 Å². The molecule has 0 aromatic heterocycles. The Morgan fingerprint density at radius 3 is 2.42 bits per heavy atom. The molecule has 1 aliphatic rings. The number of ether oxygens (including phenoxy) is 2. The molecule has 0 radical (unpaired) electrons. The van der Waals surface area contributed by atoms with Gasteiger partial charge in [-0.15, -0.1) is 0 Å². The maximum atomic E-state index is 14.2. The van der Waals surface area contributed by atoms with Crippen LogP contribution in [0.4, 0.5) is 10.1 Å². The summed E-state index contributed by atoms with van der Waals surface area (Å²) in [6.07, 6.45) is 0. The summed E-state index contributed by atoms with van der Waals surface area (Å²) in [6.45, 7) is 0.157. The number of ketones is 1. The topological polar surface area (TPSA) is 119 Å². The second-order valence-corrected chi connectivity index (χ2v) is 6.68. The number of halogens is 1. The number of nitrogens with zero attached hydrogens (tertiary/aromatic N) is 2. The second-order valence-electron chi connectivity index (χ2n) is 6.68. The molecule has 0 aliphatic carbocycles. The van der Waals surface area contributed by atoms with Crippen LogP contribution in [0.3, 0.4) is 0 Å². The number of carbonyl (C=O) groups excluding carboxylic acids is 2. The Balaban J connectivity index is 2.15. The zero-order valence-electron chi connectivity index (χ0n) is 16.7. The van der Waals surface area contributed by atoms with E-state index in [0.29, 0.717) is 5.56 Å². The van der Waals surface area contributed by atoms with Gasteiger partial charge in [-0.2, -0.15) is 0 Å². The largest absolute Gasteiger partial charge is 0.507 e. The molecular weight excluding hydrogens is 411 g/mol. The summed E-state index contributed by atoms with van der Waals surface area (Å²) in [7, 11) is 2.71. The minimum atomic E-state index is -1.03. The summed E-state index contributed by atoms with van der Waals surface area (Å²) in [5.41, 5.74) is -0.0688. The first kappa shape index (κ1) is 21.9. The number of nitro benzene ring substituents is 1. The number of rotatable bonds is 7. The highest BCUT2D eigenvalue weighted by Crippen LogP contribution is 2.40. The SMILES string of the molecule is COCCN1C(=O)C(=O)/C(=C(/O)c2ccc(OC)c(F)c2)C1c1ccc([N+](=O)[O-])cc1. The Morgan fingerprint density at radius 1 is 1.19 bits per heavy atom. The van der Waals surface area contributed by atoms with Gasteiger partial charge in [0.2, 0.25) is 0 Å². The molecule has 31 heavy (non-hydrogen) atoms. The fourth-order valence-corrected chi connectivity index (χ4v) is 3.39. The van der Waals surface area contributed by atoms with Crippen molar-refractivity contribution in [2.24, 2.45) is 0 Å². The molecule has 1 aliphatic heterocycles. The first-order valence-electron chi connectivity index (χ1n) is 9.15. The van der Waals surface area contributed by atoms with Crippen molar-refractivity contribution in [3.63, 3.8) is 0 Å². The van der Waals surface area contributed by atoms with E-state index in [9.17, 15) is 29.2 Å². The molecule has 3 rings (SSSR count). The van der Waals surface area contributed by atoms with Gasteiger partial charge >= 0.3 is 0 Å². The third-order valence-electron chi connectivity index (χ3n) is 4.92. The van der Waals surface area contributed by atoms with E-state index in [1.807, 2.05) is 0 Å². The fourth-order valence-electron chi connectivity index (χ4n) is 3.39. The van der Waals surface area contributed by atoms with Crippen molar-refractivity contribution < 1.29 is 33.5 Å². The lowest BCUT2D eigenvalue weighted by Gasteiger charge is -2.25. The molecule has 1 fully saturated rings. The minimum Gasteiger partial charge on any atom is -0.507 e. The van der Waals surface area contributed by atoms with E-state index >= 15 is 0 Å². The minimum absolute atomic E-state index is 0.0186. The number of likely N-dealkylation sites (tertiary alicyclic amines) is 1. The monoisotopic (exact) mass is 430 g/mol. The molecular formula is C21H19FN2O7. The highest BCUT2D eigenvalue weighted by Gasteiger charge is 2.46. The van der Waals surface area contributed by atoms with Crippen LogP contribution in [0.15, 0.2) is 48.0 Å². The maximum absolute atomic E-state index is 14.2. The van der Waals surface area contributed by atoms with Crippen LogP contribution in [0.2, 0.25) is 0 Å². The molecule has 1 N–H and O–H groups in total. The lowest BCUT2D eigenvalue weighted by atomic mass is 9.95. The maximum Gasteiger partial charge on any atom is 0.295 e. The molecule has 9 nitrogen and oxygen atoms in total. The quantitative estimate of drug-likeness (QED) is 0.236. The predicted octanol–water partition coefficient (Wildman–Crippen LogP) is 2.81. The van der Waals surface area contributed by atoms with Crippen LogP contribution in [0.5, 0.6) is 5.75 Å². The van der Waals surface area contributed by atoms with E-state index in [2.05, 4.69) is 0 Å². The van der Waals surface area contributed by atoms with Gasteiger partial charge in [-0.05, 0) is 35.9 Å². The lowest BCUT2D eigenvalue weighted by molar-refractivity contribution is -0.384. The number of Topliss-reactive ketones (excluding diaryl/α,β-unsaturated/α-hetero) is 1. The van der Waals surface area contributed by atoms with E-state index < -0.39 is 34.2 Å². The fraction of sp³-hybridized carbons (Fsp3) is 0.238. The zero-order valence-corrected chi connectivity index (χ0v) is 16.7. The van der Waals surface area contributed by atoms with Gasteiger partial charge in [-0.25, -0.2) is 4.39 Å². The Bertz CT molecular complexity index is 1070. The Hall–Kier alpha value is -3.79. The third kappa shape index (κ3) is 4.10. The van der Waals surface area contributed by atoms with Crippen molar-refractivity contribution in [1.29, 1.82) is 0 Å². The molecule has 2 aromatic rings. The van der Waals surface area contributed by atoms with Crippen molar-refractivity contribution in [2.75, 3.05) is 27.4 Å². The summed E-state index contributed by atoms with van der Waals surface area (Å²) >= 11 is 0. The number of nitro groups is 1. The Kier molecular flexibility index (Phi) is 6.30. The van der Waals surface area contributed by atoms with Gasteiger partial charge < -0.3 is 19.5 Å². The zero-order chi connectivity index (χ0) is 22.7. The Morgan fingerprint density at radius 2 is 1.87 bits per heavy atom. The van der Waals surface area contributed by atoms with E-state index in [0.717, 1.165) is 6.07 Å². The molecule has 0 saturated carbocycles. The highest BCUT2D eigenvalue weighted by atomic mass is 19.1. The molecule has 1 amide bonds. The molecule has 1 unspecified atom stereocenters. The second kappa shape index (κ2) is 8.92. The number of benzene rings is 2. The summed E-state index contributed by atoms with van der Waals surface area (Å²) < 4.78 is 24.0. The molecule has 0 bridgehead atoms. The van der Waals surface area contributed by atoms with Crippen LogP contribution in [-0.4, -0.2) is 54.0 Å². The summed E-state index contributed by atoms with van der Waals surface area (Å²) in [6, 6.07) is 7.87. The highest BCUT2D eigenvalue weighted by molar-refractivity contribution is 6.46. The molecule has 1 heterocycles. The molecule has 0 spiro atoms. The van der Waals surface area contributed by atoms with Crippen LogP contribution in [0.1, 0.15) is 17.2 Å². The average molecular weight is 430 g/mol. The number of hydrogen-bond donors (Lipinski definition) is 1. The third-order valence-corrected chi connectivity index (χ3v) is 4.92. The van der Waals surface area contributed by atoms with Crippen LogP contribution in [-0.2, 0) is 14.3 Å². The van der Waals surface area contributed by atoms with Gasteiger partial charge in [-0.3, -0.25) is 19.7 Å². The van der Waals surface area contributed by atoms with Crippen molar-refractivity contribution in [2.45, 2.75) is 6.04 Å². The first-order valence-corrected chi connectivity index (χ1v) is 9.15. The van der Waals surface area contributed by atoms with Crippen LogP contribution >= 0.6 is 0 Å². The van der Waals surface area contributed by atoms with Crippen LogP contribution in [0, 0.1) is 15.9 Å². The van der Waals surface area contributed by atoms with E-state index in [4.69, 9.17) is 9.47 Å². The molecule has 10 heteroatoms. The molecule has 1 saturated heterocycles. The number of aliphatic hydroxyl groups excluding tert-OH is 1. The van der Waals surface area contributed by atoms with Gasteiger partial charge in [0.1, 0.15) is 5.76 Å². The van der Waals surface area contributed by atoms with Crippen molar-refractivity contribution in [1.82, 2.24) is 4.90 Å². The van der Waals surface area contributed by atoms with E-state index in [-0.39, 0.29) is 35.7 Å². The summed E-state index contributed by atoms with van der Waals surface area (Å²) in [5, 5.41) is 21.8. The normalized spacial score (nSPS) is 17.8. The number of aliphatic hydroxyl groups is 1. The number of carbonyl (C=O) groups is 2. The Labute approximate surface area is 176 Å². The van der Waals surface area contributed by atoms with Gasteiger partial charge in [0.25, 0.3) is 17.4 Å². The number of non-ortho nitro benzene ring substituents is 1. The molecule has 1 atom stereocenters. The number of amides is 1. The average Bonchev–Trinajstić information content (AvgIpc) is 3.01. The van der Waals surface area contributed by atoms with E-state index in [1.54, 1.807) is 0 Å². The van der Waals surface area contributed by atoms with Gasteiger partial charge in [0.05, 0.1) is 30.3 Å². The summed E-state index contributed by atoms with van der Waals surface area (Å²) in [4.78, 5) is 37.0. The van der Waals surface area contributed by atoms with Crippen LogP contribution < -0.4 is 4.74 Å². The van der Waals surface area contributed by atoms with Gasteiger partial charge in [0.15, 0.2) is 11.6 Å². The van der Waals surface area contributed by atoms with Gasteiger partial charge in [0, 0.05) is 31.4 Å². The standard InChI is InChI=1S/C21H19FN2O7/c1-30-10-9-23-18(12-3-6-14(7-4-12)24(28)29)17(20(26)21(23)27)19(25)13-5-8-16(31-2)15(22)11-13/h3-8,11,18,25H,9-10H2,1-2H3/b19-17+. The van der Waals surface area contributed by atoms with Crippen molar-refractivity contribution >= 4 is 23.1 Å². The lowest BCUT2D eigenvalue weighted by Crippen LogP contribution is -2.32. The summed E-state index contributed by atoms with van der Waals surface area (Å²) in [5.74, 6) is -3.19. The van der Waals surface area contributed by atoms with E-state index in [1.165, 1.54) is 55.5 Å².